The molecule has 1 saturated heterocycles. The lowest BCUT2D eigenvalue weighted by molar-refractivity contribution is -0.133. The summed E-state index contributed by atoms with van der Waals surface area (Å²) in [6, 6.07) is -7.79. The SMILES string of the molecule is C[C@@H]1NC(=O)[C@@H](N)CNC(=O)[C@H]([C@H]2CCN=C(N)N2)NC(=O)/C(=C\NC(N)=O)NC(=O)[C@H](CNC(=O)CC(N)CCCN)NC1=O. The molecule has 0 aromatic heterocycles. The summed E-state index contributed by atoms with van der Waals surface area (Å²) in [5, 5.41) is 19.4. The van der Waals surface area contributed by atoms with Gasteiger partial charge in [-0.3, -0.25) is 33.8 Å². The third kappa shape index (κ3) is 12.2. The van der Waals surface area contributed by atoms with Crippen molar-refractivity contribution in [2.45, 2.75) is 68.9 Å². The minimum absolute atomic E-state index is 0.0101. The first kappa shape index (κ1) is 37.2. The Kier molecular flexibility index (Phi) is 14.6. The van der Waals surface area contributed by atoms with Gasteiger partial charge in [-0.25, -0.2) is 4.79 Å². The second kappa shape index (κ2) is 18.1. The van der Waals surface area contributed by atoms with Crippen LogP contribution >= 0.6 is 0 Å². The van der Waals surface area contributed by atoms with Crippen LogP contribution in [0, 0.1) is 0 Å². The first-order chi connectivity index (χ1) is 21.7. The molecule has 6 atom stereocenters. The number of hydrogen-bond donors (Lipinski definition) is 13. The van der Waals surface area contributed by atoms with Crippen LogP contribution in [0.1, 0.15) is 32.6 Å². The van der Waals surface area contributed by atoms with E-state index in [2.05, 4.69) is 47.5 Å². The van der Waals surface area contributed by atoms with Crippen LogP contribution in [0.15, 0.2) is 16.9 Å². The Morgan fingerprint density at radius 1 is 1.04 bits per heavy atom. The maximum Gasteiger partial charge on any atom is 0.316 e. The van der Waals surface area contributed by atoms with Gasteiger partial charge in [-0.15, -0.1) is 0 Å². The van der Waals surface area contributed by atoms with Gasteiger partial charge < -0.3 is 71.2 Å². The summed E-state index contributed by atoms with van der Waals surface area (Å²) in [7, 11) is 0. The van der Waals surface area contributed by atoms with Gasteiger partial charge in [0.25, 0.3) is 5.91 Å². The minimum atomic E-state index is -1.52. The minimum Gasteiger partial charge on any atom is -0.370 e. The highest BCUT2D eigenvalue weighted by atomic mass is 16.2. The van der Waals surface area contributed by atoms with Crippen LogP contribution < -0.4 is 71.2 Å². The van der Waals surface area contributed by atoms with Crippen LogP contribution in [0.25, 0.3) is 0 Å². The van der Waals surface area contributed by atoms with Crippen molar-refractivity contribution in [3.8, 4) is 0 Å². The van der Waals surface area contributed by atoms with E-state index in [9.17, 15) is 33.6 Å². The number of nitrogens with zero attached hydrogens (tertiary/aromatic N) is 1. The Morgan fingerprint density at radius 2 is 1.76 bits per heavy atom. The summed E-state index contributed by atoms with van der Waals surface area (Å²) in [5.74, 6) is -5.04. The van der Waals surface area contributed by atoms with Gasteiger partial charge in [-0.05, 0) is 32.7 Å². The molecule has 256 valence electrons. The van der Waals surface area contributed by atoms with Crippen LogP contribution in [0.4, 0.5) is 4.79 Å². The number of guanidine groups is 1. The average Bonchev–Trinajstić information content (AvgIpc) is 3.00. The lowest BCUT2D eigenvalue weighted by Crippen LogP contribution is -2.63. The summed E-state index contributed by atoms with van der Waals surface area (Å²) >= 11 is 0. The topological polar surface area (TPSA) is 358 Å². The van der Waals surface area contributed by atoms with Crippen molar-refractivity contribution < 1.29 is 33.6 Å². The predicted molar refractivity (Wildman–Crippen MR) is 163 cm³/mol. The zero-order chi connectivity index (χ0) is 34.4. The fraction of sp³-hybridized carbons (Fsp3) is 0.600. The summed E-state index contributed by atoms with van der Waals surface area (Å²) in [5.41, 5.74) is 27.7. The number of carbonyl (C=O) groups excluding carboxylic acids is 7. The maximum atomic E-state index is 13.4. The lowest BCUT2D eigenvalue weighted by atomic mass is 10.0. The third-order valence-electron chi connectivity index (χ3n) is 6.84. The average molecular weight is 653 g/mol. The molecule has 1 fully saturated rings. The highest BCUT2D eigenvalue weighted by Gasteiger charge is 2.34. The number of amides is 8. The molecule has 21 heteroatoms. The molecule has 21 nitrogen and oxygen atoms in total. The molecular weight excluding hydrogens is 608 g/mol. The molecular formula is C25H44N14O7. The molecule has 2 aliphatic heterocycles. The highest BCUT2D eigenvalue weighted by Crippen LogP contribution is 2.07. The van der Waals surface area contributed by atoms with Gasteiger partial charge in [0.05, 0.1) is 6.04 Å². The second-order valence-corrected chi connectivity index (χ2v) is 10.7. The molecule has 46 heavy (non-hydrogen) atoms. The highest BCUT2D eigenvalue weighted by molar-refractivity contribution is 6.02. The molecule has 8 amide bonds. The first-order valence-electron chi connectivity index (χ1n) is 14.5. The molecule has 0 aromatic rings. The first-order valence-corrected chi connectivity index (χ1v) is 14.5. The van der Waals surface area contributed by atoms with Crippen LogP contribution in [-0.2, 0) is 28.8 Å². The van der Waals surface area contributed by atoms with E-state index in [1.165, 1.54) is 6.92 Å². The molecule has 1 unspecified atom stereocenters. The number of carbonyl (C=O) groups is 7. The van der Waals surface area contributed by atoms with Gasteiger partial charge in [0.2, 0.25) is 29.5 Å². The van der Waals surface area contributed by atoms with Crippen molar-refractivity contribution in [2.24, 2.45) is 33.7 Å². The lowest BCUT2D eigenvalue weighted by Gasteiger charge is -2.31. The number of rotatable bonds is 9. The van der Waals surface area contributed by atoms with E-state index in [1.54, 1.807) is 0 Å². The smallest absolute Gasteiger partial charge is 0.316 e. The molecule has 0 spiro atoms. The Balaban J connectivity index is 2.42. The molecule has 2 heterocycles. The second-order valence-electron chi connectivity index (χ2n) is 10.7. The number of nitrogens with two attached hydrogens (primary N) is 5. The van der Waals surface area contributed by atoms with E-state index < -0.39 is 90.0 Å². The predicted octanol–water partition coefficient (Wildman–Crippen LogP) is -7.21. The Hall–Kier alpha value is -5.02. The monoisotopic (exact) mass is 652 g/mol. The number of urea groups is 1. The molecule has 0 aliphatic carbocycles. The van der Waals surface area contributed by atoms with Crippen molar-refractivity contribution in [2.75, 3.05) is 26.2 Å². The van der Waals surface area contributed by atoms with E-state index in [0.717, 1.165) is 6.20 Å². The maximum absolute atomic E-state index is 13.4. The molecule has 18 N–H and O–H groups in total. The summed E-state index contributed by atoms with van der Waals surface area (Å²) in [4.78, 5) is 93.7. The van der Waals surface area contributed by atoms with Gasteiger partial charge in [0.15, 0.2) is 5.96 Å². The van der Waals surface area contributed by atoms with E-state index in [-0.39, 0.29) is 31.9 Å². The van der Waals surface area contributed by atoms with Crippen LogP contribution in [0.2, 0.25) is 0 Å². The van der Waals surface area contributed by atoms with Crippen LogP contribution in [-0.4, -0.2) is 110 Å². The van der Waals surface area contributed by atoms with Gasteiger partial charge >= 0.3 is 6.03 Å². The van der Waals surface area contributed by atoms with E-state index in [4.69, 9.17) is 28.7 Å². The molecule has 0 bridgehead atoms. The Labute approximate surface area is 264 Å². The zero-order valence-corrected chi connectivity index (χ0v) is 25.4. The third-order valence-corrected chi connectivity index (χ3v) is 6.84. The Morgan fingerprint density at radius 3 is 2.41 bits per heavy atom. The van der Waals surface area contributed by atoms with Crippen molar-refractivity contribution in [1.82, 2.24) is 42.5 Å². The summed E-state index contributed by atoms with van der Waals surface area (Å²) in [6.45, 7) is 1.08. The van der Waals surface area contributed by atoms with Crippen molar-refractivity contribution in [1.29, 1.82) is 0 Å². The number of aliphatic imine (C=N–C) groups is 1. The van der Waals surface area contributed by atoms with E-state index in [1.807, 2.05) is 0 Å². The van der Waals surface area contributed by atoms with Crippen molar-refractivity contribution in [3.05, 3.63) is 11.9 Å². The summed E-state index contributed by atoms with van der Waals surface area (Å²) in [6.07, 6.45) is 2.01. The van der Waals surface area contributed by atoms with Crippen molar-refractivity contribution in [3.63, 3.8) is 0 Å². The van der Waals surface area contributed by atoms with Crippen LogP contribution in [0.5, 0.6) is 0 Å². The molecule has 0 radical (unpaired) electrons. The normalized spacial score (nSPS) is 26.6. The zero-order valence-electron chi connectivity index (χ0n) is 25.4. The van der Waals surface area contributed by atoms with Gasteiger partial charge in [0.1, 0.15) is 29.9 Å². The number of hydrogen-bond acceptors (Lipinski definition) is 13. The molecule has 2 aliphatic rings. The fourth-order valence-electron chi connectivity index (χ4n) is 4.28. The van der Waals surface area contributed by atoms with Crippen LogP contribution in [0.3, 0.4) is 0 Å². The fourth-order valence-corrected chi connectivity index (χ4v) is 4.28. The largest absolute Gasteiger partial charge is 0.370 e. The molecule has 2 rings (SSSR count). The van der Waals surface area contributed by atoms with E-state index in [0.29, 0.717) is 19.4 Å². The van der Waals surface area contributed by atoms with Gasteiger partial charge in [-0.2, -0.15) is 0 Å². The Bertz CT molecular complexity index is 1230. The van der Waals surface area contributed by atoms with E-state index >= 15 is 0 Å². The quantitative estimate of drug-likeness (QED) is 0.103. The molecule has 0 saturated carbocycles. The summed E-state index contributed by atoms with van der Waals surface area (Å²) < 4.78 is 0. The van der Waals surface area contributed by atoms with Gasteiger partial charge in [-0.1, -0.05) is 0 Å². The number of nitrogens with one attached hydrogen (secondary N) is 8. The molecule has 0 aromatic carbocycles. The standard InChI is InChI=1S/C25H44N14O7/c1-11-19(41)36-15(9-32-17(40)7-12(27)3-2-5-26)21(43)37-16(10-34-25(30)46)22(44)39-18(14-4-6-31-24(29)38-14)23(45)33-8-13(28)20(42)35-11/h10-15,18H,2-9,26-28H2,1H3,(H,32,40)(H,33,45)(H,35,42)(H,36,41)(H,37,43)(H,39,44)(H3,29,31,38)(H3,30,34,46)/b16-10+/t11-,12?,13-,14+,15-,18-/m0/s1. The van der Waals surface area contributed by atoms with Gasteiger partial charge in [0, 0.05) is 38.3 Å². The number of primary amides is 1. The van der Waals surface area contributed by atoms with Crippen molar-refractivity contribution >= 4 is 47.4 Å².